The van der Waals surface area contributed by atoms with Crippen LogP contribution in [-0.2, 0) is 20.7 Å². The summed E-state index contributed by atoms with van der Waals surface area (Å²) in [6.45, 7) is 0.291. The molecule has 1 rings (SSSR count). The molecule has 0 radical (unpaired) electrons. The van der Waals surface area contributed by atoms with Gasteiger partial charge in [0.15, 0.2) is 0 Å². The van der Waals surface area contributed by atoms with Crippen molar-refractivity contribution >= 4 is 11.9 Å². The highest BCUT2D eigenvalue weighted by Crippen LogP contribution is 1.92. The van der Waals surface area contributed by atoms with Crippen molar-refractivity contribution in [2.45, 2.75) is 12.8 Å². The van der Waals surface area contributed by atoms with E-state index in [4.69, 9.17) is 0 Å². The van der Waals surface area contributed by atoms with E-state index in [0.29, 0.717) is 6.54 Å². The Morgan fingerprint density at radius 3 is 3.00 bits per heavy atom. The zero-order valence-electron chi connectivity index (χ0n) is 8.45. The van der Waals surface area contributed by atoms with E-state index in [1.165, 1.54) is 7.11 Å². The first-order valence-electron chi connectivity index (χ1n) is 4.54. The molecular weight excluding hydrogens is 198 g/mol. The molecule has 0 aliphatic carbocycles. The molecule has 2 N–H and O–H groups in total. The van der Waals surface area contributed by atoms with Gasteiger partial charge >= 0.3 is 5.97 Å². The highest BCUT2D eigenvalue weighted by atomic mass is 16.5. The molecule has 6 nitrogen and oxygen atoms in total. The smallest absolute Gasteiger partial charge is 0.307 e. The number of carbonyl (C=O) groups excluding carboxylic acids is 2. The molecule has 15 heavy (non-hydrogen) atoms. The van der Waals surface area contributed by atoms with Crippen LogP contribution in [0.15, 0.2) is 12.3 Å². The largest absolute Gasteiger partial charge is 0.469 e. The van der Waals surface area contributed by atoms with Crippen molar-refractivity contribution in [2.75, 3.05) is 13.7 Å². The number of esters is 1. The van der Waals surface area contributed by atoms with Crippen LogP contribution in [0.5, 0.6) is 0 Å². The predicted molar refractivity (Wildman–Crippen MR) is 51.9 cm³/mol. The fourth-order valence-corrected chi connectivity index (χ4v) is 1.02. The number of nitrogens with zero attached hydrogens (tertiary/aromatic N) is 1. The van der Waals surface area contributed by atoms with Gasteiger partial charge in [-0.2, -0.15) is 5.10 Å². The molecule has 0 spiro atoms. The van der Waals surface area contributed by atoms with Crippen LogP contribution >= 0.6 is 0 Å². The molecule has 82 valence electrons. The average molecular weight is 211 g/mol. The van der Waals surface area contributed by atoms with Gasteiger partial charge in [0.05, 0.1) is 20.0 Å². The fraction of sp³-hybridized carbons (Fsp3) is 0.444. The van der Waals surface area contributed by atoms with Crippen LogP contribution in [0.3, 0.4) is 0 Å². The monoisotopic (exact) mass is 211 g/mol. The number of hydrogen-bond donors (Lipinski definition) is 2. The third kappa shape index (κ3) is 4.26. The Balaban J connectivity index is 2.17. The lowest BCUT2D eigenvalue weighted by Gasteiger charge is -2.02. The van der Waals surface area contributed by atoms with E-state index < -0.39 is 0 Å². The van der Waals surface area contributed by atoms with Crippen LogP contribution < -0.4 is 5.32 Å². The number of amides is 1. The van der Waals surface area contributed by atoms with E-state index in [1.807, 2.05) is 0 Å². The lowest BCUT2D eigenvalue weighted by atomic mass is 10.3. The Bertz CT molecular complexity index is 321. The van der Waals surface area contributed by atoms with Crippen LogP contribution in [0.4, 0.5) is 0 Å². The van der Waals surface area contributed by atoms with Crippen molar-refractivity contribution in [3.8, 4) is 0 Å². The maximum absolute atomic E-state index is 11.3. The molecule has 0 saturated heterocycles. The normalized spacial score (nSPS) is 9.67. The van der Waals surface area contributed by atoms with Gasteiger partial charge in [0.1, 0.15) is 0 Å². The van der Waals surface area contributed by atoms with Crippen molar-refractivity contribution in [1.82, 2.24) is 15.5 Å². The van der Waals surface area contributed by atoms with Gasteiger partial charge < -0.3 is 10.1 Å². The minimum Gasteiger partial charge on any atom is -0.469 e. The summed E-state index contributed by atoms with van der Waals surface area (Å²) in [5.41, 5.74) is 0.741. The Kier molecular flexibility index (Phi) is 4.33. The van der Waals surface area contributed by atoms with Crippen LogP contribution in [-0.4, -0.2) is 35.7 Å². The summed E-state index contributed by atoms with van der Waals surface area (Å²) in [7, 11) is 1.31. The predicted octanol–water partition coefficient (Wildman–Crippen LogP) is -0.369. The topological polar surface area (TPSA) is 84.1 Å². The SMILES string of the molecule is COC(=O)CCNC(=O)Cc1ccn[nH]1. The zero-order valence-corrected chi connectivity index (χ0v) is 8.45. The molecule has 0 aromatic carbocycles. The van der Waals surface area contributed by atoms with Gasteiger partial charge in [-0.05, 0) is 6.07 Å². The molecule has 0 saturated carbocycles. The second-order valence-electron chi connectivity index (χ2n) is 2.93. The molecule has 1 heterocycles. The van der Waals surface area contributed by atoms with Gasteiger partial charge in [-0.3, -0.25) is 14.7 Å². The Hall–Kier alpha value is -1.85. The molecule has 0 atom stereocenters. The van der Waals surface area contributed by atoms with Crippen molar-refractivity contribution in [1.29, 1.82) is 0 Å². The third-order valence-corrected chi connectivity index (χ3v) is 1.79. The molecule has 1 amide bonds. The van der Waals surface area contributed by atoms with E-state index in [-0.39, 0.29) is 24.7 Å². The summed E-state index contributed by atoms with van der Waals surface area (Å²) in [6, 6.07) is 1.72. The maximum Gasteiger partial charge on any atom is 0.307 e. The molecule has 6 heteroatoms. The molecular formula is C9H13N3O3. The Morgan fingerprint density at radius 1 is 1.60 bits per heavy atom. The zero-order chi connectivity index (χ0) is 11.1. The number of carbonyl (C=O) groups is 2. The number of methoxy groups -OCH3 is 1. The molecule has 0 unspecified atom stereocenters. The molecule has 0 aliphatic rings. The van der Waals surface area contributed by atoms with Crippen LogP contribution in [0.25, 0.3) is 0 Å². The maximum atomic E-state index is 11.3. The second-order valence-corrected chi connectivity index (χ2v) is 2.93. The van der Waals surface area contributed by atoms with Gasteiger partial charge in [-0.1, -0.05) is 0 Å². The highest BCUT2D eigenvalue weighted by Gasteiger charge is 2.05. The van der Waals surface area contributed by atoms with E-state index in [2.05, 4.69) is 20.3 Å². The van der Waals surface area contributed by atoms with Crippen LogP contribution in [0, 0.1) is 0 Å². The quantitative estimate of drug-likeness (QED) is 0.651. The minimum absolute atomic E-state index is 0.150. The van der Waals surface area contributed by atoms with Gasteiger partial charge in [0.25, 0.3) is 0 Å². The van der Waals surface area contributed by atoms with E-state index in [1.54, 1.807) is 12.3 Å². The standard InChI is InChI=1S/C9H13N3O3/c1-15-9(14)3-4-10-8(13)6-7-2-5-11-12-7/h2,5H,3-4,6H2,1H3,(H,10,13)(H,11,12). The molecule has 1 aromatic heterocycles. The van der Waals surface area contributed by atoms with E-state index in [0.717, 1.165) is 5.69 Å². The van der Waals surface area contributed by atoms with E-state index >= 15 is 0 Å². The van der Waals surface area contributed by atoms with Crippen LogP contribution in [0.1, 0.15) is 12.1 Å². The summed E-state index contributed by atoms with van der Waals surface area (Å²) in [5.74, 6) is -0.486. The third-order valence-electron chi connectivity index (χ3n) is 1.79. The summed E-state index contributed by atoms with van der Waals surface area (Å²) >= 11 is 0. The Morgan fingerprint density at radius 2 is 2.40 bits per heavy atom. The summed E-state index contributed by atoms with van der Waals surface area (Å²) < 4.78 is 4.43. The number of aromatic amines is 1. The van der Waals surface area contributed by atoms with Crippen molar-refractivity contribution in [2.24, 2.45) is 0 Å². The molecule has 1 aromatic rings. The summed E-state index contributed by atoms with van der Waals surface area (Å²) in [5, 5.41) is 8.99. The number of ether oxygens (including phenoxy) is 1. The second kappa shape index (κ2) is 5.79. The van der Waals surface area contributed by atoms with Crippen molar-refractivity contribution in [3.63, 3.8) is 0 Å². The lowest BCUT2D eigenvalue weighted by Crippen LogP contribution is -2.27. The van der Waals surface area contributed by atoms with Crippen molar-refractivity contribution in [3.05, 3.63) is 18.0 Å². The molecule has 0 aliphatic heterocycles. The number of H-pyrrole nitrogens is 1. The van der Waals surface area contributed by atoms with Crippen LogP contribution in [0.2, 0.25) is 0 Å². The first-order valence-corrected chi connectivity index (χ1v) is 4.54. The fourth-order valence-electron chi connectivity index (χ4n) is 1.02. The Labute approximate surface area is 87.0 Å². The van der Waals surface area contributed by atoms with Gasteiger partial charge in [-0.25, -0.2) is 0 Å². The highest BCUT2D eigenvalue weighted by molar-refractivity contribution is 5.78. The first kappa shape index (κ1) is 11.2. The summed E-state index contributed by atoms with van der Waals surface area (Å²) in [6.07, 6.45) is 2.00. The number of aromatic nitrogens is 2. The lowest BCUT2D eigenvalue weighted by molar-refractivity contribution is -0.140. The van der Waals surface area contributed by atoms with Gasteiger partial charge in [-0.15, -0.1) is 0 Å². The first-order chi connectivity index (χ1) is 7.22. The molecule has 0 fully saturated rings. The molecule has 0 bridgehead atoms. The number of rotatable bonds is 5. The van der Waals surface area contributed by atoms with Gasteiger partial charge in [0, 0.05) is 18.4 Å². The summed E-state index contributed by atoms with van der Waals surface area (Å²) in [4.78, 5) is 22.0. The van der Waals surface area contributed by atoms with Gasteiger partial charge in [0.2, 0.25) is 5.91 Å². The minimum atomic E-state index is -0.336. The average Bonchev–Trinajstić information content (AvgIpc) is 2.70. The number of nitrogens with one attached hydrogen (secondary N) is 2. The van der Waals surface area contributed by atoms with Crippen molar-refractivity contribution < 1.29 is 14.3 Å². The van der Waals surface area contributed by atoms with E-state index in [9.17, 15) is 9.59 Å². The number of hydrogen-bond acceptors (Lipinski definition) is 4.